The van der Waals surface area contributed by atoms with Crippen molar-refractivity contribution in [3.63, 3.8) is 0 Å². The molecule has 1 aromatic rings. The fourth-order valence-electron chi connectivity index (χ4n) is 1.31. The molecule has 0 bridgehead atoms. The maximum atomic E-state index is 5.55. The van der Waals surface area contributed by atoms with Crippen molar-refractivity contribution < 1.29 is 9.47 Å². The molecule has 0 aromatic heterocycles. The van der Waals surface area contributed by atoms with Gasteiger partial charge in [-0.05, 0) is 24.1 Å². The highest BCUT2D eigenvalue weighted by Crippen LogP contribution is 2.28. The first-order chi connectivity index (χ1) is 7.67. The third-order valence-corrected chi connectivity index (χ3v) is 2.45. The number of hydrogen-bond acceptors (Lipinski definition) is 3. The molecule has 1 aromatic carbocycles. The van der Waals surface area contributed by atoms with E-state index in [0.29, 0.717) is 18.0 Å². The van der Waals surface area contributed by atoms with Gasteiger partial charge in [-0.2, -0.15) is 0 Å². The van der Waals surface area contributed by atoms with Crippen LogP contribution >= 0.6 is 12.2 Å². The van der Waals surface area contributed by atoms with Gasteiger partial charge in [-0.3, -0.25) is 0 Å². The van der Waals surface area contributed by atoms with Gasteiger partial charge in [0.05, 0.1) is 18.7 Å². The zero-order valence-electron chi connectivity index (χ0n) is 9.66. The molecule has 0 spiro atoms. The Labute approximate surface area is 102 Å². The second-order valence-corrected chi connectivity index (χ2v) is 3.93. The van der Waals surface area contributed by atoms with E-state index in [9.17, 15) is 0 Å². The number of benzene rings is 1. The molecule has 0 aliphatic carbocycles. The summed E-state index contributed by atoms with van der Waals surface area (Å²) in [7, 11) is 1.63. The van der Waals surface area contributed by atoms with Gasteiger partial charge in [0.25, 0.3) is 0 Å². The van der Waals surface area contributed by atoms with E-state index < -0.39 is 0 Å². The van der Waals surface area contributed by atoms with Crippen LogP contribution in [0.25, 0.3) is 0 Å². The average molecular weight is 239 g/mol. The van der Waals surface area contributed by atoms with E-state index in [1.807, 2.05) is 18.2 Å². The van der Waals surface area contributed by atoms with E-state index in [1.54, 1.807) is 7.11 Å². The van der Waals surface area contributed by atoms with Crippen LogP contribution in [-0.2, 0) is 6.42 Å². The molecule has 2 N–H and O–H groups in total. The fraction of sp³-hybridized carbons (Fsp3) is 0.417. The number of methoxy groups -OCH3 is 1. The minimum Gasteiger partial charge on any atom is -0.493 e. The van der Waals surface area contributed by atoms with Gasteiger partial charge < -0.3 is 15.2 Å². The molecule has 0 aliphatic rings. The zero-order valence-corrected chi connectivity index (χ0v) is 10.5. The van der Waals surface area contributed by atoms with Crippen LogP contribution < -0.4 is 15.2 Å². The molecule has 0 atom stereocenters. The second-order valence-electron chi connectivity index (χ2n) is 3.40. The summed E-state index contributed by atoms with van der Waals surface area (Å²) in [4.78, 5) is 0.462. The average Bonchev–Trinajstić information content (AvgIpc) is 2.29. The maximum Gasteiger partial charge on any atom is 0.161 e. The quantitative estimate of drug-likeness (QED) is 0.774. The highest BCUT2D eigenvalue weighted by molar-refractivity contribution is 7.80. The zero-order chi connectivity index (χ0) is 12.0. The Kier molecular flexibility index (Phi) is 5.05. The van der Waals surface area contributed by atoms with Crippen LogP contribution in [0.4, 0.5) is 0 Å². The molecule has 0 unspecified atom stereocenters. The maximum absolute atomic E-state index is 5.55. The molecule has 0 radical (unpaired) electrons. The number of thiocarbonyl (C=S) groups is 1. The van der Waals surface area contributed by atoms with Crippen LogP contribution in [0, 0.1) is 0 Å². The van der Waals surface area contributed by atoms with Crippen LogP contribution in [-0.4, -0.2) is 18.7 Å². The summed E-state index contributed by atoms with van der Waals surface area (Å²) in [6.07, 6.45) is 1.55. The molecule has 88 valence electrons. The first kappa shape index (κ1) is 12.8. The molecule has 0 saturated heterocycles. The molecule has 0 amide bonds. The molecule has 1 rings (SSSR count). The predicted molar refractivity (Wildman–Crippen MR) is 69.3 cm³/mol. The Bertz CT molecular complexity index is 366. The Morgan fingerprint density at radius 1 is 1.38 bits per heavy atom. The van der Waals surface area contributed by atoms with Gasteiger partial charge in [0.1, 0.15) is 0 Å². The molecule has 0 saturated carbocycles. The summed E-state index contributed by atoms with van der Waals surface area (Å²) >= 11 is 4.78. The highest BCUT2D eigenvalue weighted by atomic mass is 32.1. The van der Waals surface area contributed by atoms with Crippen molar-refractivity contribution in [2.75, 3.05) is 13.7 Å². The summed E-state index contributed by atoms with van der Waals surface area (Å²) in [5.41, 5.74) is 6.61. The minimum atomic E-state index is 0.462. The summed E-state index contributed by atoms with van der Waals surface area (Å²) in [5, 5.41) is 0. The number of hydrogen-bond donors (Lipinski definition) is 1. The van der Waals surface area contributed by atoms with Crippen molar-refractivity contribution in [3.8, 4) is 11.5 Å². The Morgan fingerprint density at radius 2 is 2.12 bits per heavy atom. The molecule has 0 aliphatic heterocycles. The lowest BCUT2D eigenvalue weighted by Gasteiger charge is -2.11. The molecule has 0 fully saturated rings. The lowest BCUT2D eigenvalue weighted by atomic mass is 10.1. The van der Waals surface area contributed by atoms with Crippen molar-refractivity contribution in [2.24, 2.45) is 5.73 Å². The standard InChI is InChI=1S/C12H17NO2S/c1-3-9-4-5-10(11(8-9)14-2)15-7-6-12(13)16/h4-5,8H,3,6-7H2,1-2H3,(H2,13,16). The van der Waals surface area contributed by atoms with Gasteiger partial charge in [0.2, 0.25) is 0 Å². The smallest absolute Gasteiger partial charge is 0.161 e. The van der Waals surface area contributed by atoms with Crippen LogP contribution in [0.3, 0.4) is 0 Å². The fourth-order valence-corrected chi connectivity index (χ4v) is 1.40. The molecule has 3 nitrogen and oxygen atoms in total. The molecule has 0 heterocycles. The van der Waals surface area contributed by atoms with Crippen molar-refractivity contribution in [1.82, 2.24) is 0 Å². The van der Waals surface area contributed by atoms with E-state index in [1.165, 1.54) is 5.56 Å². The highest BCUT2D eigenvalue weighted by Gasteiger charge is 2.05. The van der Waals surface area contributed by atoms with Crippen LogP contribution in [0.2, 0.25) is 0 Å². The normalized spacial score (nSPS) is 9.88. The SMILES string of the molecule is CCc1ccc(OCCC(N)=S)c(OC)c1. The van der Waals surface area contributed by atoms with E-state index in [2.05, 4.69) is 6.92 Å². The van der Waals surface area contributed by atoms with Crippen LogP contribution in [0.15, 0.2) is 18.2 Å². The summed E-state index contributed by atoms with van der Waals surface area (Å²) < 4.78 is 10.8. The van der Waals surface area contributed by atoms with E-state index in [-0.39, 0.29) is 0 Å². The monoisotopic (exact) mass is 239 g/mol. The van der Waals surface area contributed by atoms with E-state index >= 15 is 0 Å². The molecular formula is C12H17NO2S. The Balaban J connectivity index is 2.68. The van der Waals surface area contributed by atoms with Crippen molar-refractivity contribution in [2.45, 2.75) is 19.8 Å². The van der Waals surface area contributed by atoms with Crippen molar-refractivity contribution >= 4 is 17.2 Å². The van der Waals surface area contributed by atoms with Crippen molar-refractivity contribution in [3.05, 3.63) is 23.8 Å². The summed E-state index contributed by atoms with van der Waals surface area (Å²) in [6.45, 7) is 2.58. The first-order valence-corrected chi connectivity index (χ1v) is 5.66. The van der Waals surface area contributed by atoms with Gasteiger partial charge in [0.15, 0.2) is 11.5 Å². The van der Waals surface area contributed by atoms with Crippen LogP contribution in [0.1, 0.15) is 18.9 Å². The number of ether oxygens (including phenoxy) is 2. The van der Waals surface area contributed by atoms with Crippen LogP contribution in [0.5, 0.6) is 11.5 Å². The third-order valence-electron chi connectivity index (χ3n) is 2.24. The minimum absolute atomic E-state index is 0.462. The molecule has 16 heavy (non-hydrogen) atoms. The number of nitrogens with two attached hydrogens (primary N) is 1. The predicted octanol–water partition coefficient (Wildman–Crippen LogP) is 2.31. The molecular weight excluding hydrogens is 222 g/mol. The van der Waals surface area contributed by atoms with Gasteiger partial charge in [0, 0.05) is 6.42 Å². The van der Waals surface area contributed by atoms with Gasteiger partial charge in [-0.25, -0.2) is 0 Å². The number of aryl methyl sites for hydroxylation is 1. The van der Waals surface area contributed by atoms with E-state index in [0.717, 1.165) is 17.9 Å². The lowest BCUT2D eigenvalue weighted by Crippen LogP contribution is -2.12. The first-order valence-electron chi connectivity index (χ1n) is 5.25. The third kappa shape index (κ3) is 3.70. The lowest BCUT2D eigenvalue weighted by molar-refractivity contribution is 0.303. The molecule has 4 heteroatoms. The summed E-state index contributed by atoms with van der Waals surface area (Å²) in [5.74, 6) is 1.48. The largest absolute Gasteiger partial charge is 0.493 e. The topological polar surface area (TPSA) is 44.5 Å². The Hall–Kier alpha value is -1.29. The van der Waals surface area contributed by atoms with Crippen molar-refractivity contribution in [1.29, 1.82) is 0 Å². The van der Waals surface area contributed by atoms with E-state index in [4.69, 9.17) is 27.4 Å². The number of rotatable bonds is 6. The Morgan fingerprint density at radius 3 is 2.69 bits per heavy atom. The summed E-state index contributed by atoms with van der Waals surface area (Å²) in [6, 6.07) is 5.92. The second kappa shape index (κ2) is 6.33. The van der Waals surface area contributed by atoms with Gasteiger partial charge >= 0.3 is 0 Å². The van der Waals surface area contributed by atoms with Gasteiger partial charge in [-0.1, -0.05) is 25.2 Å². The van der Waals surface area contributed by atoms with Gasteiger partial charge in [-0.15, -0.1) is 0 Å².